The minimum atomic E-state index is 0.112. The maximum absolute atomic E-state index is 5.71. The van der Waals surface area contributed by atoms with Crippen molar-refractivity contribution in [3.63, 3.8) is 0 Å². The Morgan fingerprint density at radius 1 is 1.22 bits per heavy atom. The van der Waals surface area contributed by atoms with Gasteiger partial charge in [-0.25, -0.2) is 9.97 Å². The minimum absolute atomic E-state index is 0.112. The van der Waals surface area contributed by atoms with E-state index in [1.54, 1.807) is 0 Å². The Morgan fingerprint density at radius 3 is 2.50 bits per heavy atom. The van der Waals surface area contributed by atoms with Gasteiger partial charge in [-0.05, 0) is 20.3 Å². The number of unbranched alkanes of at least 4 members (excludes halogenated alkanes) is 2. The van der Waals surface area contributed by atoms with Crippen LogP contribution in [0.25, 0.3) is 0 Å². The van der Waals surface area contributed by atoms with Crippen molar-refractivity contribution in [1.82, 2.24) is 9.97 Å². The molecule has 0 aromatic carbocycles. The van der Waals surface area contributed by atoms with E-state index < -0.39 is 0 Å². The van der Waals surface area contributed by atoms with Crippen molar-refractivity contribution in [2.24, 2.45) is 5.73 Å². The van der Waals surface area contributed by atoms with Crippen molar-refractivity contribution in [1.29, 1.82) is 0 Å². The summed E-state index contributed by atoms with van der Waals surface area (Å²) in [5.74, 6) is 2.48. The predicted molar refractivity (Wildman–Crippen MR) is 76.9 cm³/mol. The number of anilines is 2. The Hall–Kier alpha value is -1.36. The van der Waals surface area contributed by atoms with Crippen LogP contribution in [0, 0.1) is 6.92 Å². The summed E-state index contributed by atoms with van der Waals surface area (Å²) in [5, 5.41) is 6.54. The summed E-state index contributed by atoms with van der Waals surface area (Å²) in [6, 6.07) is 2.04. The first-order valence-corrected chi connectivity index (χ1v) is 6.70. The molecule has 1 rings (SSSR count). The Morgan fingerprint density at radius 2 is 1.89 bits per heavy atom. The van der Waals surface area contributed by atoms with E-state index in [1.807, 2.05) is 19.9 Å². The SMILES string of the molecule is CCCCCNc1cc(NCC(C)N)nc(C)n1. The van der Waals surface area contributed by atoms with Crippen molar-refractivity contribution in [3.8, 4) is 0 Å². The van der Waals surface area contributed by atoms with Gasteiger partial charge in [0.15, 0.2) is 0 Å². The quantitative estimate of drug-likeness (QED) is 0.617. The van der Waals surface area contributed by atoms with Gasteiger partial charge in [0, 0.05) is 25.2 Å². The van der Waals surface area contributed by atoms with Gasteiger partial charge in [0.25, 0.3) is 0 Å². The van der Waals surface area contributed by atoms with E-state index in [0.717, 1.165) is 24.0 Å². The van der Waals surface area contributed by atoms with Gasteiger partial charge in [0.1, 0.15) is 17.5 Å². The van der Waals surface area contributed by atoms with E-state index in [2.05, 4.69) is 27.5 Å². The van der Waals surface area contributed by atoms with Crippen LogP contribution in [0.15, 0.2) is 6.07 Å². The van der Waals surface area contributed by atoms with E-state index in [9.17, 15) is 0 Å². The van der Waals surface area contributed by atoms with Crippen LogP contribution in [0.2, 0.25) is 0 Å². The molecule has 0 saturated heterocycles. The molecular weight excluding hydrogens is 226 g/mol. The lowest BCUT2D eigenvalue weighted by atomic mass is 10.2. The number of aryl methyl sites for hydroxylation is 1. The highest BCUT2D eigenvalue weighted by Crippen LogP contribution is 2.11. The van der Waals surface area contributed by atoms with Gasteiger partial charge < -0.3 is 16.4 Å². The number of rotatable bonds is 8. The number of aromatic nitrogens is 2. The molecule has 0 fully saturated rings. The Kier molecular flexibility index (Phi) is 6.43. The second-order valence-corrected chi connectivity index (χ2v) is 4.68. The van der Waals surface area contributed by atoms with Crippen LogP contribution in [0.1, 0.15) is 38.9 Å². The lowest BCUT2D eigenvalue weighted by Gasteiger charge is -2.11. The number of nitrogens with one attached hydrogen (secondary N) is 2. The standard InChI is InChI=1S/C13H25N5/c1-4-5-6-7-15-12-8-13(16-9-10(2)14)18-11(3)17-12/h8,10H,4-7,9,14H2,1-3H3,(H2,15,16,17,18). The summed E-state index contributed by atoms with van der Waals surface area (Å²) < 4.78 is 0. The zero-order chi connectivity index (χ0) is 13.4. The lowest BCUT2D eigenvalue weighted by molar-refractivity contribution is 0.741. The average Bonchev–Trinajstić information content (AvgIpc) is 2.32. The van der Waals surface area contributed by atoms with Crippen molar-refractivity contribution >= 4 is 11.6 Å². The van der Waals surface area contributed by atoms with Crippen LogP contribution in [0.3, 0.4) is 0 Å². The highest BCUT2D eigenvalue weighted by molar-refractivity contribution is 5.47. The fourth-order valence-corrected chi connectivity index (χ4v) is 1.61. The maximum atomic E-state index is 5.71. The van der Waals surface area contributed by atoms with Gasteiger partial charge in [-0.3, -0.25) is 0 Å². The van der Waals surface area contributed by atoms with Gasteiger partial charge in [-0.1, -0.05) is 19.8 Å². The van der Waals surface area contributed by atoms with Crippen LogP contribution in [0.5, 0.6) is 0 Å². The van der Waals surface area contributed by atoms with E-state index in [4.69, 9.17) is 5.73 Å². The van der Waals surface area contributed by atoms with Crippen LogP contribution >= 0.6 is 0 Å². The van der Waals surface area contributed by atoms with Crippen LogP contribution in [0.4, 0.5) is 11.6 Å². The Bertz CT molecular complexity index is 351. The van der Waals surface area contributed by atoms with Gasteiger partial charge in [-0.15, -0.1) is 0 Å². The number of hydrogen-bond donors (Lipinski definition) is 3. The maximum Gasteiger partial charge on any atom is 0.131 e. The van der Waals surface area contributed by atoms with Crippen LogP contribution < -0.4 is 16.4 Å². The number of nitrogens with zero attached hydrogens (tertiary/aromatic N) is 2. The molecule has 1 aromatic heterocycles. The summed E-state index contributed by atoms with van der Waals surface area (Å²) in [6.07, 6.45) is 3.64. The topological polar surface area (TPSA) is 75.9 Å². The molecule has 0 aliphatic heterocycles. The molecule has 0 spiro atoms. The molecule has 18 heavy (non-hydrogen) atoms. The Balaban J connectivity index is 2.51. The lowest BCUT2D eigenvalue weighted by Crippen LogP contribution is -2.25. The average molecular weight is 251 g/mol. The zero-order valence-corrected chi connectivity index (χ0v) is 11.7. The van der Waals surface area contributed by atoms with Crippen LogP contribution in [-0.2, 0) is 0 Å². The molecule has 5 heteroatoms. The molecule has 1 atom stereocenters. The van der Waals surface area contributed by atoms with Gasteiger partial charge in [-0.2, -0.15) is 0 Å². The summed E-state index contributed by atoms with van der Waals surface area (Å²) >= 11 is 0. The van der Waals surface area contributed by atoms with Crippen molar-refractivity contribution in [3.05, 3.63) is 11.9 Å². The third-order valence-corrected chi connectivity index (χ3v) is 2.53. The molecule has 5 nitrogen and oxygen atoms in total. The fourth-order valence-electron chi connectivity index (χ4n) is 1.61. The highest BCUT2D eigenvalue weighted by Gasteiger charge is 2.02. The number of nitrogens with two attached hydrogens (primary N) is 1. The summed E-state index contributed by atoms with van der Waals surface area (Å²) in [5.41, 5.74) is 5.71. The molecule has 4 N–H and O–H groups in total. The van der Waals surface area contributed by atoms with Gasteiger partial charge in [0.2, 0.25) is 0 Å². The molecule has 1 unspecified atom stereocenters. The highest BCUT2D eigenvalue weighted by atomic mass is 15.1. The first-order valence-electron chi connectivity index (χ1n) is 6.70. The fraction of sp³-hybridized carbons (Fsp3) is 0.692. The molecule has 0 aliphatic rings. The van der Waals surface area contributed by atoms with E-state index in [1.165, 1.54) is 19.3 Å². The molecule has 1 heterocycles. The molecular formula is C13H25N5. The van der Waals surface area contributed by atoms with Crippen LogP contribution in [-0.4, -0.2) is 29.1 Å². The first kappa shape index (κ1) is 14.7. The Labute approximate surface area is 110 Å². The van der Waals surface area contributed by atoms with Crippen molar-refractivity contribution in [2.75, 3.05) is 23.7 Å². The van der Waals surface area contributed by atoms with Crippen molar-refractivity contribution < 1.29 is 0 Å². The third-order valence-electron chi connectivity index (χ3n) is 2.53. The first-order chi connectivity index (χ1) is 8.61. The third kappa shape index (κ3) is 5.82. The molecule has 0 saturated carbocycles. The molecule has 102 valence electrons. The molecule has 0 aliphatic carbocycles. The second kappa shape index (κ2) is 7.87. The van der Waals surface area contributed by atoms with E-state index >= 15 is 0 Å². The minimum Gasteiger partial charge on any atom is -0.370 e. The van der Waals surface area contributed by atoms with E-state index in [0.29, 0.717) is 6.54 Å². The van der Waals surface area contributed by atoms with Crippen molar-refractivity contribution in [2.45, 2.75) is 46.1 Å². The second-order valence-electron chi connectivity index (χ2n) is 4.68. The molecule has 1 aromatic rings. The van der Waals surface area contributed by atoms with E-state index in [-0.39, 0.29) is 6.04 Å². The number of hydrogen-bond acceptors (Lipinski definition) is 5. The van der Waals surface area contributed by atoms with Gasteiger partial charge in [0.05, 0.1) is 0 Å². The predicted octanol–water partition coefficient (Wildman–Crippen LogP) is 2.15. The molecule has 0 amide bonds. The summed E-state index contributed by atoms with van der Waals surface area (Å²) in [4.78, 5) is 8.70. The largest absolute Gasteiger partial charge is 0.370 e. The van der Waals surface area contributed by atoms with Gasteiger partial charge >= 0.3 is 0 Å². The monoisotopic (exact) mass is 251 g/mol. The molecule has 0 radical (unpaired) electrons. The zero-order valence-electron chi connectivity index (χ0n) is 11.7. The smallest absolute Gasteiger partial charge is 0.131 e. The summed E-state index contributed by atoms with van der Waals surface area (Å²) in [6.45, 7) is 7.73. The summed E-state index contributed by atoms with van der Waals surface area (Å²) in [7, 11) is 0. The normalized spacial score (nSPS) is 12.2. The molecule has 0 bridgehead atoms.